The standard InChI is InChI=1S/C66H114O6/c1-4-7-10-13-16-19-22-24-26-28-29-30-31-32-33-34-35-36-37-38-40-41-44-47-50-53-56-59-65(68)71-62-63(61-70-64(67)58-55-52-49-46-43-21-18-15-12-9-6-3)72-66(69)60-57-54-51-48-45-42-39-27-25-23-20-17-14-11-8-5-2/h7,10,16,19,24,26,29-30,32-33,35-36,38,40,63H,4-6,8-9,11-15,17-18,20-23,25,27-28,31,34,37,39,41-62H2,1-3H3/b10-7-,19-16-,26-24-,30-29-,33-32-,36-35-,40-38-. The SMILES string of the molecule is CC/C=C\C/C=C\C/C=C\C/C=C\C/C=C\C/C=C\C/C=C\CCCCCCCC(=O)OCC(COC(=O)CCCCCCCCCCCCC)OC(=O)CCCCCCCCCCCCCCCCCC. The Morgan fingerprint density at radius 1 is 0.292 bits per heavy atom. The maximum Gasteiger partial charge on any atom is 0.306 e. The van der Waals surface area contributed by atoms with Gasteiger partial charge in [0.05, 0.1) is 0 Å². The van der Waals surface area contributed by atoms with E-state index in [1.165, 1.54) is 135 Å². The Morgan fingerprint density at radius 3 is 0.847 bits per heavy atom. The molecule has 0 fully saturated rings. The molecule has 0 radical (unpaired) electrons. The normalized spacial score (nSPS) is 12.7. The third-order valence-electron chi connectivity index (χ3n) is 13.2. The van der Waals surface area contributed by atoms with Gasteiger partial charge in [-0.3, -0.25) is 14.4 Å². The van der Waals surface area contributed by atoms with Gasteiger partial charge in [-0.2, -0.15) is 0 Å². The largest absolute Gasteiger partial charge is 0.462 e. The molecule has 1 atom stereocenters. The zero-order valence-corrected chi connectivity index (χ0v) is 47.4. The highest BCUT2D eigenvalue weighted by atomic mass is 16.6. The summed E-state index contributed by atoms with van der Waals surface area (Å²) in [6, 6.07) is 0. The Labute approximate surface area is 445 Å². The van der Waals surface area contributed by atoms with Crippen LogP contribution < -0.4 is 0 Å². The van der Waals surface area contributed by atoms with E-state index >= 15 is 0 Å². The average Bonchev–Trinajstić information content (AvgIpc) is 3.38. The van der Waals surface area contributed by atoms with E-state index in [0.29, 0.717) is 19.3 Å². The molecule has 0 aliphatic heterocycles. The summed E-state index contributed by atoms with van der Waals surface area (Å²) in [7, 11) is 0. The molecule has 72 heavy (non-hydrogen) atoms. The lowest BCUT2D eigenvalue weighted by Crippen LogP contribution is -2.30. The summed E-state index contributed by atoms with van der Waals surface area (Å²) in [4.78, 5) is 38.2. The first-order chi connectivity index (χ1) is 35.5. The van der Waals surface area contributed by atoms with Crippen LogP contribution in [0.2, 0.25) is 0 Å². The van der Waals surface area contributed by atoms with E-state index in [-0.39, 0.29) is 31.1 Å². The van der Waals surface area contributed by atoms with E-state index < -0.39 is 6.10 Å². The molecule has 0 saturated heterocycles. The van der Waals surface area contributed by atoms with Gasteiger partial charge in [0.25, 0.3) is 0 Å². The second kappa shape index (κ2) is 60.1. The Hall–Kier alpha value is -3.41. The van der Waals surface area contributed by atoms with Gasteiger partial charge in [-0.15, -0.1) is 0 Å². The number of unbranched alkanes of at least 4 members (excludes halogenated alkanes) is 30. The van der Waals surface area contributed by atoms with Gasteiger partial charge < -0.3 is 14.2 Å². The summed E-state index contributed by atoms with van der Waals surface area (Å²) in [6.07, 6.45) is 78.7. The van der Waals surface area contributed by atoms with E-state index in [2.05, 4.69) is 106 Å². The molecular weight excluding hydrogens is 889 g/mol. The van der Waals surface area contributed by atoms with E-state index in [0.717, 1.165) is 122 Å². The van der Waals surface area contributed by atoms with E-state index in [4.69, 9.17) is 14.2 Å². The number of esters is 3. The molecule has 0 aliphatic carbocycles. The van der Waals surface area contributed by atoms with Crippen molar-refractivity contribution in [2.75, 3.05) is 13.2 Å². The van der Waals surface area contributed by atoms with Crippen LogP contribution in [0, 0.1) is 0 Å². The number of allylic oxidation sites excluding steroid dienone is 14. The van der Waals surface area contributed by atoms with Gasteiger partial charge in [-0.1, -0.05) is 286 Å². The lowest BCUT2D eigenvalue weighted by Gasteiger charge is -2.18. The third kappa shape index (κ3) is 57.5. The first-order valence-corrected chi connectivity index (χ1v) is 30.6. The van der Waals surface area contributed by atoms with E-state index in [1.807, 2.05) is 0 Å². The van der Waals surface area contributed by atoms with Crippen LogP contribution in [0.25, 0.3) is 0 Å². The van der Waals surface area contributed by atoms with E-state index in [1.54, 1.807) is 0 Å². The summed E-state index contributed by atoms with van der Waals surface area (Å²) < 4.78 is 16.9. The fraction of sp³-hybridized carbons (Fsp3) is 0.742. The Balaban J connectivity index is 4.31. The fourth-order valence-electron chi connectivity index (χ4n) is 8.60. The molecule has 0 aromatic rings. The number of rotatable bonds is 55. The van der Waals surface area contributed by atoms with Crippen molar-refractivity contribution < 1.29 is 28.6 Å². The lowest BCUT2D eigenvalue weighted by atomic mass is 10.0. The van der Waals surface area contributed by atoms with Crippen LogP contribution in [0.4, 0.5) is 0 Å². The predicted molar refractivity (Wildman–Crippen MR) is 311 cm³/mol. The molecule has 6 heteroatoms. The highest BCUT2D eigenvalue weighted by molar-refractivity contribution is 5.71. The summed E-state index contributed by atoms with van der Waals surface area (Å²) in [6.45, 7) is 6.53. The quantitative estimate of drug-likeness (QED) is 0.0261. The van der Waals surface area contributed by atoms with Gasteiger partial charge in [0, 0.05) is 19.3 Å². The molecule has 1 unspecified atom stereocenters. The number of hydrogen-bond donors (Lipinski definition) is 0. The molecule has 0 bridgehead atoms. The van der Waals surface area contributed by atoms with Crippen LogP contribution in [-0.2, 0) is 28.6 Å². The zero-order chi connectivity index (χ0) is 52.2. The van der Waals surface area contributed by atoms with Gasteiger partial charge in [0.2, 0.25) is 0 Å². The van der Waals surface area contributed by atoms with Crippen molar-refractivity contribution in [2.24, 2.45) is 0 Å². The van der Waals surface area contributed by atoms with Crippen molar-refractivity contribution in [1.82, 2.24) is 0 Å². The first kappa shape index (κ1) is 68.6. The molecule has 0 aromatic heterocycles. The molecule has 0 aromatic carbocycles. The van der Waals surface area contributed by atoms with Crippen molar-refractivity contribution >= 4 is 17.9 Å². The van der Waals surface area contributed by atoms with Crippen LogP contribution in [0.5, 0.6) is 0 Å². The molecule has 0 spiro atoms. The van der Waals surface area contributed by atoms with Crippen LogP contribution in [0.3, 0.4) is 0 Å². The zero-order valence-electron chi connectivity index (χ0n) is 47.4. The molecule has 6 nitrogen and oxygen atoms in total. The minimum Gasteiger partial charge on any atom is -0.462 e. The van der Waals surface area contributed by atoms with Gasteiger partial charge in [-0.05, 0) is 77.0 Å². The van der Waals surface area contributed by atoms with Gasteiger partial charge in [-0.25, -0.2) is 0 Å². The van der Waals surface area contributed by atoms with Gasteiger partial charge in [0.1, 0.15) is 13.2 Å². The molecule has 0 rings (SSSR count). The first-order valence-electron chi connectivity index (χ1n) is 30.6. The highest BCUT2D eigenvalue weighted by Gasteiger charge is 2.19. The van der Waals surface area contributed by atoms with Crippen molar-refractivity contribution in [3.05, 3.63) is 85.1 Å². The fourth-order valence-corrected chi connectivity index (χ4v) is 8.60. The van der Waals surface area contributed by atoms with Crippen molar-refractivity contribution in [2.45, 2.75) is 303 Å². The second-order valence-electron chi connectivity index (χ2n) is 20.2. The summed E-state index contributed by atoms with van der Waals surface area (Å²) >= 11 is 0. The van der Waals surface area contributed by atoms with E-state index in [9.17, 15) is 14.4 Å². The topological polar surface area (TPSA) is 78.9 Å². The van der Waals surface area contributed by atoms with Crippen molar-refractivity contribution in [3.63, 3.8) is 0 Å². The van der Waals surface area contributed by atoms with Crippen molar-refractivity contribution in [1.29, 1.82) is 0 Å². The molecule has 0 aliphatic rings. The minimum absolute atomic E-state index is 0.0787. The van der Waals surface area contributed by atoms with Crippen LogP contribution in [0.1, 0.15) is 297 Å². The predicted octanol–water partition coefficient (Wildman–Crippen LogP) is 20.7. The number of ether oxygens (including phenoxy) is 3. The van der Waals surface area contributed by atoms with Crippen LogP contribution in [-0.4, -0.2) is 37.2 Å². The van der Waals surface area contributed by atoms with Crippen molar-refractivity contribution in [3.8, 4) is 0 Å². The third-order valence-corrected chi connectivity index (χ3v) is 13.2. The number of hydrogen-bond acceptors (Lipinski definition) is 6. The van der Waals surface area contributed by atoms with Crippen LogP contribution >= 0.6 is 0 Å². The average molecular weight is 1000 g/mol. The maximum atomic E-state index is 12.9. The van der Waals surface area contributed by atoms with Gasteiger partial charge in [0.15, 0.2) is 6.10 Å². The Bertz CT molecular complexity index is 1380. The molecule has 414 valence electrons. The maximum absolute atomic E-state index is 12.9. The Morgan fingerprint density at radius 2 is 0.542 bits per heavy atom. The molecule has 0 N–H and O–H groups in total. The second-order valence-corrected chi connectivity index (χ2v) is 20.2. The Kier molecular flexibility index (Phi) is 57.3. The molecule has 0 saturated carbocycles. The highest BCUT2D eigenvalue weighted by Crippen LogP contribution is 2.16. The van der Waals surface area contributed by atoms with Crippen LogP contribution in [0.15, 0.2) is 85.1 Å². The minimum atomic E-state index is -0.781. The summed E-state index contributed by atoms with van der Waals surface area (Å²) in [5.41, 5.74) is 0. The number of carbonyl (C=O) groups is 3. The monoisotopic (exact) mass is 1000 g/mol. The summed E-state index contributed by atoms with van der Waals surface area (Å²) in [5.74, 6) is -0.888. The lowest BCUT2D eigenvalue weighted by molar-refractivity contribution is -0.167. The molecule has 0 heterocycles. The number of carbonyl (C=O) groups excluding carboxylic acids is 3. The molecule has 0 amide bonds. The van der Waals surface area contributed by atoms with Gasteiger partial charge >= 0.3 is 17.9 Å². The molecular formula is C66H114O6. The summed E-state index contributed by atoms with van der Waals surface area (Å²) in [5, 5.41) is 0. The smallest absolute Gasteiger partial charge is 0.306 e.